The van der Waals surface area contributed by atoms with Gasteiger partial charge in [0.15, 0.2) is 0 Å². The number of aromatic amines is 1. The summed E-state index contributed by atoms with van der Waals surface area (Å²) in [5.74, 6) is 0. The molecule has 0 saturated heterocycles. The normalized spacial score (nSPS) is 10.7. The van der Waals surface area contributed by atoms with Gasteiger partial charge in [0.25, 0.3) is 0 Å². The third kappa shape index (κ3) is 2.95. The SMILES string of the molecule is Cc1cnn(CCNCc2cc[nH]c2)c1. The topological polar surface area (TPSA) is 45.6 Å². The van der Waals surface area contributed by atoms with E-state index in [1.165, 1.54) is 11.1 Å². The van der Waals surface area contributed by atoms with Crippen molar-refractivity contribution in [3.05, 3.63) is 42.0 Å². The van der Waals surface area contributed by atoms with Crippen LogP contribution in [0.25, 0.3) is 0 Å². The van der Waals surface area contributed by atoms with Crippen molar-refractivity contribution in [2.75, 3.05) is 6.54 Å². The molecule has 0 spiro atoms. The number of nitrogens with zero attached hydrogens (tertiary/aromatic N) is 2. The highest BCUT2D eigenvalue weighted by atomic mass is 15.3. The van der Waals surface area contributed by atoms with Gasteiger partial charge in [-0.05, 0) is 24.1 Å². The number of aromatic nitrogens is 3. The zero-order valence-electron chi connectivity index (χ0n) is 8.90. The number of aryl methyl sites for hydroxylation is 1. The zero-order chi connectivity index (χ0) is 10.5. The molecule has 0 saturated carbocycles. The summed E-state index contributed by atoms with van der Waals surface area (Å²) in [4.78, 5) is 3.03. The number of H-pyrrole nitrogens is 1. The molecule has 15 heavy (non-hydrogen) atoms. The molecule has 0 amide bonds. The van der Waals surface area contributed by atoms with Crippen LogP contribution in [0.15, 0.2) is 30.9 Å². The largest absolute Gasteiger partial charge is 0.367 e. The fourth-order valence-electron chi connectivity index (χ4n) is 1.48. The summed E-state index contributed by atoms with van der Waals surface area (Å²) in [6.07, 6.45) is 7.88. The Morgan fingerprint density at radius 3 is 3.13 bits per heavy atom. The predicted octanol–water partition coefficient (Wildman–Crippen LogP) is 1.31. The van der Waals surface area contributed by atoms with Gasteiger partial charge in [0, 0.05) is 31.7 Å². The van der Waals surface area contributed by atoms with E-state index in [0.29, 0.717) is 0 Å². The molecule has 2 N–H and O–H groups in total. The first-order chi connectivity index (χ1) is 7.34. The van der Waals surface area contributed by atoms with Crippen molar-refractivity contribution in [3.63, 3.8) is 0 Å². The second-order valence-electron chi connectivity index (χ2n) is 3.68. The highest BCUT2D eigenvalue weighted by Crippen LogP contribution is 1.95. The monoisotopic (exact) mass is 204 g/mol. The molecule has 2 aromatic heterocycles. The number of hydrogen-bond acceptors (Lipinski definition) is 2. The summed E-state index contributed by atoms with van der Waals surface area (Å²) in [5.41, 5.74) is 2.49. The molecule has 2 heterocycles. The van der Waals surface area contributed by atoms with E-state index in [0.717, 1.165) is 19.6 Å². The molecule has 2 rings (SSSR count). The Morgan fingerprint density at radius 2 is 2.47 bits per heavy atom. The van der Waals surface area contributed by atoms with Gasteiger partial charge in [-0.15, -0.1) is 0 Å². The quantitative estimate of drug-likeness (QED) is 0.721. The van der Waals surface area contributed by atoms with Crippen LogP contribution in [0.5, 0.6) is 0 Å². The van der Waals surface area contributed by atoms with Crippen molar-refractivity contribution < 1.29 is 0 Å². The van der Waals surface area contributed by atoms with Gasteiger partial charge < -0.3 is 10.3 Å². The molecular formula is C11H16N4. The van der Waals surface area contributed by atoms with Crippen molar-refractivity contribution in [2.24, 2.45) is 0 Å². The van der Waals surface area contributed by atoms with Gasteiger partial charge in [-0.1, -0.05) is 0 Å². The summed E-state index contributed by atoms with van der Waals surface area (Å²) < 4.78 is 1.96. The van der Waals surface area contributed by atoms with E-state index >= 15 is 0 Å². The van der Waals surface area contributed by atoms with Gasteiger partial charge in [0.05, 0.1) is 12.7 Å². The van der Waals surface area contributed by atoms with Crippen LogP contribution in [0.4, 0.5) is 0 Å². The van der Waals surface area contributed by atoms with Crippen LogP contribution < -0.4 is 5.32 Å². The first-order valence-electron chi connectivity index (χ1n) is 5.16. The molecule has 0 aliphatic carbocycles. The number of hydrogen-bond donors (Lipinski definition) is 2. The van der Waals surface area contributed by atoms with Gasteiger partial charge in [0.1, 0.15) is 0 Å². The lowest BCUT2D eigenvalue weighted by atomic mass is 10.3. The maximum atomic E-state index is 4.22. The third-order valence-corrected chi connectivity index (χ3v) is 2.27. The molecule has 0 aromatic carbocycles. The molecule has 0 atom stereocenters. The lowest BCUT2D eigenvalue weighted by molar-refractivity contribution is 0.555. The summed E-state index contributed by atoms with van der Waals surface area (Å²) >= 11 is 0. The molecule has 4 nitrogen and oxygen atoms in total. The Bertz CT molecular complexity index is 388. The minimum absolute atomic E-state index is 0.906. The van der Waals surface area contributed by atoms with Crippen LogP contribution in [0.1, 0.15) is 11.1 Å². The Hall–Kier alpha value is -1.55. The molecule has 0 aliphatic rings. The van der Waals surface area contributed by atoms with Crippen LogP contribution in [0.3, 0.4) is 0 Å². The highest BCUT2D eigenvalue weighted by Gasteiger charge is 1.94. The Kier molecular flexibility index (Phi) is 3.19. The third-order valence-electron chi connectivity index (χ3n) is 2.27. The second-order valence-corrected chi connectivity index (χ2v) is 3.68. The molecule has 4 heteroatoms. The van der Waals surface area contributed by atoms with E-state index in [9.17, 15) is 0 Å². The van der Waals surface area contributed by atoms with Crippen molar-refractivity contribution in [1.29, 1.82) is 0 Å². The van der Waals surface area contributed by atoms with Crippen LogP contribution in [0, 0.1) is 6.92 Å². The highest BCUT2D eigenvalue weighted by molar-refractivity contribution is 5.07. The van der Waals surface area contributed by atoms with Crippen LogP contribution in [-0.4, -0.2) is 21.3 Å². The van der Waals surface area contributed by atoms with Crippen molar-refractivity contribution in [2.45, 2.75) is 20.0 Å². The molecule has 0 bridgehead atoms. The van der Waals surface area contributed by atoms with E-state index in [4.69, 9.17) is 0 Å². The first-order valence-corrected chi connectivity index (χ1v) is 5.16. The molecule has 0 unspecified atom stereocenters. The smallest absolute Gasteiger partial charge is 0.0534 e. The minimum atomic E-state index is 0.906. The van der Waals surface area contributed by atoms with E-state index in [1.54, 1.807) is 0 Å². The van der Waals surface area contributed by atoms with E-state index in [1.807, 2.05) is 23.3 Å². The zero-order valence-corrected chi connectivity index (χ0v) is 8.90. The standard InChI is InChI=1S/C11H16N4/c1-10-6-14-15(9-10)5-4-13-8-11-2-3-12-7-11/h2-3,6-7,9,12-13H,4-5,8H2,1H3. The summed E-state index contributed by atoms with van der Waals surface area (Å²) in [5, 5.41) is 7.59. The van der Waals surface area contributed by atoms with Gasteiger partial charge in [-0.2, -0.15) is 5.10 Å². The fourth-order valence-corrected chi connectivity index (χ4v) is 1.48. The molecule has 80 valence electrons. The van der Waals surface area contributed by atoms with Gasteiger partial charge in [0.2, 0.25) is 0 Å². The first kappa shape index (κ1) is 9.98. The summed E-state index contributed by atoms with van der Waals surface area (Å²) in [6, 6.07) is 2.07. The second kappa shape index (κ2) is 4.79. The van der Waals surface area contributed by atoms with Gasteiger partial charge in [-0.25, -0.2) is 0 Å². The van der Waals surface area contributed by atoms with Crippen LogP contribution in [-0.2, 0) is 13.1 Å². The summed E-state index contributed by atoms with van der Waals surface area (Å²) in [7, 11) is 0. The molecule has 2 aromatic rings. The van der Waals surface area contributed by atoms with Crippen LogP contribution >= 0.6 is 0 Å². The van der Waals surface area contributed by atoms with Crippen LogP contribution in [0.2, 0.25) is 0 Å². The van der Waals surface area contributed by atoms with Crippen molar-refractivity contribution in [3.8, 4) is 0 Å². The summed E-state index contributed by atoms with van der Waals surface area (Å²) in [6.45, 7) is 4.81. The predicted molar refractivity (Wildman–Crippen MR) is 59.5 cm³/mol. The lowest BCUT2D eigenvalue weighted by Crippen LogP contribution is -2.19. The average molecular weight is 204 g/mol. The Morgan fingerprint density at radius 1 is 1.53 bits per heavy atom. The lowest BCUT2D eigenvalue weighted by Gasteiger charge is -2.03. The van der Waals surface area contributed by atoms with E-state index < -0.39 is 0 Å². The van der Waals surface area contributed by atoms with Gasteiger partial charge in [-0.3, -0.25) is 4.68 Å². The van der Waals surface area contributed by atoms with Crippen molar-refractivity contribution in [1.82, 2.24) is 20.1 Å². The fraction of sp³-hybridized carbons (Fsp3) is 0.364. The maximum Gasteiger partial charge on any atom is 0.0534 e. The van der Waals surface area contributed by atoms with E-state index in [-0.39, 0.29) is 0 Å². The Balaban J connectivity index is 1.67. The number of rotatable bonds is 5. The number of nitrogens with one attached hydrogen (secondary N) is 2. The Labute approximate surface area is 89.3 Å². The molecule has 0 radical (unpaired) electrons. The molecule has 0 fully saturated rings. The van der Waals surface area contributed by atoms with E-state index in [2.05, 4.69) is 34.6 Å². The minimum Gasteiger partial charge on any atom is -0.367 e. The molecule has 0 aliphatic heterocycles. The molecular weight excluding hydrogens is 188 g/mol. The van der Waals surface area contributed by atoms with Gasteiger partial charge >= 0.3 is 0 Å². The average Bonchev–Trinajstić information content (AvgIpc) is 2.84. The maximum absolute atomic E-state index is 4.22. The van der Waals surface area contributed by atoms with Crippen molar-refractivity contribution >= 4 is 0 Å².